The Morgan fingerprint density at radius 1 is 1.21 bits per heavy atom. The topological polar surface area (TPSA) is 21.3 Å². The SMILES string of the molecule is CNC(CCc1ccccc1OC(F)(F)F)C(C)C. The molecule has 5 heteroatoms. The summed E-state index contributed by atoms with van der Waals surface area (Å²) >= 11 is 0. The van der Waals surface area contributed by atoms with Crippen molar-refractivity contribution in [2.24, 2.45) is 5.92 Å². The highest BCUT2D eigenvalue weighted by Gasteiger charge is 2.31. The fourth-order valence-electron chi connectivity index (χ4n) is 2.06. The molecule has 1 rings (SSSR count). The molecule has 0 aliphatic heterocycles. The van der Waals surface area contributed by atoms with Gasteiger partial charge in [-0.05, 0) is 37.4 Å². The largest absolute Gasteiger partial charge is 0.573 e. The lowest BCUT2D eigenvalue weighted by Crippen LogP contribution is -2.31. The Morgan fingerprint density at radius 2 is 1.84 bits per heavy atom. The highest BCUT2D eigenvalue weighted by molar-refractivity contribution is 5.33. The molecule has 0 radical (unpaired) electrons. The number of halogens is 3. The maximum atomic E-state index is 12.3. The lowest BCUT2D eigenvalue weighted by Gasteiger charge is -2.21. The quantitative estimate of drug-likeness (QED) is 0.853. The lowest BCUT2D eigenvalue weighted by atomic mass is 9.96. The number of nitrogens with one attached hydrogen (secondary N) is 1. The second-order valence-corrected chi connectivity index (χ2v) is 4.83. The van der Waals surface area contributed by atoms with Crippen LogP contribution >= 0.6 is 0 Å². The van der Waals surface area contributed by atoms with Gasteiger partial charge in [-0.3, -0.25) is 0 Å². The van der Waals surface area contributed by atoms with Gasteiger partial charge in [0.25, 0.3) is 0 Å². The third-order valence-electron chi connectivity index (χ3n) is 3.10. The molecule has 0 aliphatic rings. The smallest absolute Gasteiger partial charge is 0.406 e. The molecule has 0 saturated heterocycles. The van der Waals surface area contributed by atoms with Crippen LogP contribution in [-0.2, 0) is 6.42 Å². The molecular formula is C14H20F3NO. The first-order chi connectivity index (χ1) is 8.83. The molecule has 0 amide bonds. The predicted molar refractivity (Wildman–Crippen MR) is 69.1 cm³/mol. The molecule has 0 bridgehead atoms. The standard InChI is InChI=1S/C14H20F3NO/c1-10(2)12(18-3)9-8-11-6-4-5-7-13(11)19-14(15,16)17/h4-7,10,12,18H,8-9H2,1-3H3. The summed E-state index contributed by atoms with van der Waals surface area (Å²) in [6, 6.07) is 6.57. The van der Waals surface area contributed by atoms with Crippen LogP contribution in [0.4, 0.5) is 13.2 Å². The zero-order valence-electron chi connectivity index (χ0n) is 11.4. The minimum Gasteiger partial charge on any atom is -0.406 e. The van der Waals surface area contributed by atoms with Gasteiger partial charge >= 0.3 is 6.36 Å². The highest BCUT2D eigenvalue weighted by Crippen LogP contribution is 2.27. The van der Waals surface area contributed by atoms with Crippen molar-refractivity contribution in [3.8, 4) is 5.75 Å². The second kappa shape index (κ2) is 6.80. The van der Waals surface area contributed by atoms with E-state index in [9.17, 15) is 13.2 Å². The second-order valence-electron chi connectivity index (χ2n) is 4.83. The molecule has 1 unspecified atom stereocenters. The number of aryl methyl sites for hydroxylation is 1. The van der Waals surface area contributed by atoms with Crippen LogP contribution in [0.15, 0.2) is 24.3 Å². The summed E-state index contributed by atoms with van der Waals surface area (Å²) in [7, 11) is 1.86. The van der Waals surface area contributed by atoms with Crippen molar-refractivity contribution in [3.63, 3.8) is 0 Å². The maximum Gasteiger partial charge on any atom is 0.573 e. The van der Waals surface area contributed by atoms with Gasteiger partial charge in [0, 0.05) is 6.04 Å². The number of alkyl halides is 3. The number of hydrogen-bond donors (Lipinski definition) is 1. The highest BCUT2D eigenvalue weighted by atomic mass is 19.4. The van der Waals surface area contributed by atoms with Crippen LogP contribution in [0.2, 0.25) is 0 Å². The summed E-state index contributed by atoms with van der Waals surface area (Å²) < 4.78 is 40.9. The molecule has 0 aliphatic carbocycles. The van der Waals surface area contributed by atoms with Crippen LogP contribution in [0.25, 0.3) is 0 Å². The van der Waals surface area contributed by atoms with Gasteiger partial charge in [-0.1, -0.05) is 32.0 Å². The molecule has 0 spiro atoms. The van der Waals surface area contributed by atoms with E-state index >= 15 is 0 Å². The molecule has 1 N–H and O–H groups in total. The summed E-state index contributed by atoms with van der Waals surface area (Å²) in [4.78, 5) is 0. The number of rotatable bonds is 6. The molecule has 0 heterocycles. The molecule has 0 fully saturated rings. The molecule has 1 aromatic rings. The van der Waals surface area contributed by atoms with E-state index in [1.807, 2.05) is 7.05 Å². The van der Waals surface area contributed by atoms with Crippen molar-refractivity contribution >= 4 is 0 Å². The van der Waals surface area contributed by atoms with Gasteiger partial charge in [-0.2, -0.15) is 0 Å². The predicted octanol–water partition coefficient (Wildman–Crippen LogP) is 3.76. The minimum absolute atomic E-state index is 0.103. The Bertz CT molecular complexity index is 391. The number of hydrogen-bond acceptors (Lipinski definition) is 2. The van der Waals surface area contributed by atoms with Crippen LogP contribution in [0.3, 0.4) is 0 Å². The van der Waals surface area contributed by atoms with E-state index in [4.69, 9.17) is 0 Å². The first-order valence-corrected chi connectivity index (χ1v) is 6.34. The van der Waals surface area contributed by atoms with E-state index in [0.717, 1.165) is 6.42 Å². The van der Waals surface area contributed by atoms with Gasteiger partial charge in [0.05, 0.1) is 0 Å². The minimum atomic E-state index is -4.64. The molecule has 1 aromatic carbocycles. The zero-order valence-corrected chi connectivity index (χ0v) is 11.4. The van der Waals surface area contributed by atoms with Crippen LogP contribution < -0.4 is 10.1 Å². The van der Waals surface area contributed by atoms with Gasteiger partial charge < -0.3 is 10.1 Å². The molecule has 19 heavy (non-hydrogen) atoms. The Balaban J connectivity index is 2.73. The molecule has 0 saturated carbocycles. The van der Waals surface area contributed by atoms with Crippen molar-refractivity contribution in [1.29, 1.82) is 0 Å². The normalized spacial score (nSPS) is 13.6. The summed E-state index contributed by atoms with van der Waals surface area (Å²) in [6.07, 6.45) is -3.32. The summed E-state index contributed by atoms with van der Waals surface area (Å²) in [6.45, 7) is 4.17. The van der Waals surface area contributed by atoms with Gasteiger partial charge in [0.1, 0.15) is 5.75 Å². The Hall–Kier alpha value is -1.23. The Labute approximate surface area is 112 Å². The monoisotopic (exact) mass is 275 g/mol. The van der Waals surface area contributed by atoms with Crippen LogP contribution in [0, 0.1) is 5.92 Å². The van der Waals surface area contributed by atoms with Gasteiger partial charge in [0.2, 0.25) is 0 Å². The van der Waals surface area contributed by atoms with Crippen LogP contribution in [0.5, 0.6) is 5.75 Å². The Morgan fingerprint density at radius 3 is 2.37 bits per heavy atom. The molecular weight excluding hydrogens is 255 g/mol. The van der Waals surface area contributed by atoms with Crippen molar-refractivity contribution in [2.75, 3.05) is 7.05 Å². The van der Waals surface area contributed by atoms with Gasteiger partial charge in [0.15, 0.2) is 0 Å². The van der Waals surface area contributed by atoms with E-state index in [0.29, 0.717) is 17.9 Å². The van der Waals surface area contributed by atoms with Crippen molar-refractivity contribution in [1.82, 2.24) is 5.32 Å². The average Bonchev–Trinajstić information content (AvgIpc) is 2.29. The van der Waals surface area contributed by atoms with E-state index in [1.54, 1.807) is 18.2 Å². The Kier molecular flexibility index (Phi) is 5.66. The van der Waals surface area contributed by atoms with Gasteiger partial charge in [-0.25, -0.2) is 0 Å². The van der Waals surface area contributed by atoms with E-state index in [1.165, 1.54) is 6.07 Å². The third kappa shape index (κ3) is 5.51. The first-order valence-electron chi connectivity index (χ1n) is 6.34. The molecule has 108 valence electrons. The summed E-state index contributed by atoms with van der Waals surface area (Å²) in [5.41, 5.74) is 0.584. The van der Waals surface area contributed by atoms with Crippen molar-refractivity contribution < 1.29 is 17.9 Å². The summed E-state index contributed by atoms with van der Waals surface area (Å²) in [5.74, 6) is 0.328. The number of ether oxygens (including phenoxy) is 1. The summed E-state index contributed by atoms with van der Waals surface area (Å²) in [5, 5.41) is 3.18. The average molecular weight is 275 g/mol. The van der Waals surface area contributed by atoms with Crippen LogP contribution in [0.1, 0.15) is 25.8 Å². The van der Waals surface area contributed by atoms with Crippen LogP contribution in [-0.4, -0.2) is 19.5 Å². The molecule has 2 nitrogen and oxygen atoms in total. The fraction of sp³-hybridized carbons (Fsp3) is 0.571. The molecule has 0 aromatic heterocycles. The van der Waals surface area contributed by atoms with E-state index in [-0.39, 0.29) is 11.8 Å². The fourth-order valence-corrected chi connectivity index (χ4v) is 2.06. The van der Waals surface area contributed by atoms with E-state index in [2.05, 4.69) is 23.9 Å². The van der Waals surface area contributed by atoms with Crippen molar-refractivity contribution in [2.45, 2.75) is 39.1 Å². The number of benzene rings is 1. The lowest BCUT2D eigenvalue weighted by molar-refractivity contribution is -0.274. The van der Waals surface area contributed by atoms with E-state index < -0.39 is 6.36 Å². The third-order valence-corrected chi connectivity index (χ3v) is 3.10. The molecule has 1 atom stereocenters. The first kappa shape index (κ1) is 15.8. The maximum absolute atomic E-state index is 12.3. The van der Waals surface area contributed by atoms with Crippen molar-refractivity contribution in [3.05, 3.63) is 29.8 Å². The zero-order chi connectivity index (χ0) is 14.5. The number of para-hydroxylation sites is 1. The van der Waals surface area contributed by atoms with Gasteiger partial charge in [-0.15, -0.1) is 13.2 Å².